The van der Waals surface area contributed by atoms with Crippen LogP contribution in [0, 0.1) is 0 Å². The van der Waals surface area contributed by atoms with Gasteiger partial charge in [-0.1, -0.05) is 0 Å². The molecule has 0 fully saturated rings. The Labute approximate surface area is 91.4 Å². The van der Waals surface area contributed by atoms with E-state index in [2.05, 4.69) is 9.72 Å². The summed E-state index contributed by atoms with van der Waals surface area (Å²) in [5, 5.41) is 0. The molecule has 0 saturated heterocycles. The van der Waals surface area contributed by atoms with Crippen LogP contribution >= 0.6 is 0 Å². The number of nitrogens with zero attached hydrogens (tertiary/aromatic N) is 1. The van der Waals surface area contributed by atoms with E-state index in [0.717, 1.165) is 6.07 Å². The van der Waals surface area contributed by atoms with Crippen LogP contribution in [0.5, 0.6) is 0 Å². The highest BCUT2D eigenvalue weighted by Gasteiger charge is 2.17. The zero-order valence-corrected chi connectivity index (χ0v) is 8.74. The summed E-state index contributed by atoms with van der Waals surface area (Å²) in [5.74, 6) is -0.666. The van der Waals surface area contributed by atoms with E-state index >= 15 is 0 Å². The van der Waals surface area contributed by atoms with Gasteiger partial charge in [0.25, 0.3) is 6.43 Å². The molecule has 4 nitrogen and oxygen atoms in total. The van der Waals surface area contributed by atoms with Gasteiger partial charge in [-0.05, 0) is 13.0 Å². The number of ether oxygens (including phenoxy) is 1. The van der Waals surface area contributed by atoms with Crippen molar-refractivity contribution in [2.24, 2.45) is 5.73 Å². The SMILES string of the molecule is CCOC(=O)c1cnc(CN)c(C(F)F)c1. The summed E-state index contributed by atoms with van der Waals surface area (Å²) in [6.45, 7) is 1.72. The second-order valence-electron chi connectivity index (χ2n) is 2.99. The van der Waals surface area contributed by atoms with Gasteiger partial charge in [0.2, 0.25) is 0 Å². The third-order valence-corrected chi connectivity index (χ3v) is 1.94. The van der Waals surface area contributed by atoms with Crippen LogP contribution in [0.1, 0.15) is 35.0 Å². The Morgan fingerprint density at radius 2 is 2.31 bits per heavy atom. The van der Waals surface area contributed by atoms with Crippen LogP contribution in [0.3, 0.4) is 0 Å². The van der Waals surface area contributed by atoms with Gasteiger partial charge in [-0.15, -0.1) is 0 Å². The lowest BCUT2D eigenvalue weighted by molar-refractivity contribution is 0.0525. The molecule has 1 aromatic rings. The van der Waals surface area contributed by atoms with Crippen LogP contribution in [0.15, 0.2) is 12.3 Å². The highest BCUT2D eigenvalue weighted by atomic mass is 19.3. The van der Waals surface area contributed by atoms with E-state index in [1.54, 1.807) is 6.92 Å². The number of hydrogen-bond acceptors (Lipinski definition) is 4. The number of carbonyl (C=O) groups excluding carboxylic acids is 1. The number of alkyl halides is 2. The lowest BCUT2D eigenvalue weighted by Gasteiger charge is -2.08. The molecule has 0 bridgehead atoms. The number of nitrogens with two attached hydrogens (primary N) is 1. The normalized spacial score (nSPS) is 10.6. The molecular weight excluding hydrogens is 218 g/mol. The van der Waals surface area contributed by atoms with Gasteiger partial charge in [-0.3, -0.25) is 4.98 Å². The van der Waals surface area contributed by atoms with Crippen molar-refractivity contribution >= 4 is 5.97 Å². The second kappa shape index (κ2) is 5.50. The van der Waals surface area contributed by atoms with Crippen molar-refractivity contribution in [3.63, 3.8) is 0 Å². The minimum atomic E-state index is -2.71. The standard InChI is InChI=1S/C10H12F2N2O2/c1-2-16-10(15)6-3-7(9(11)12)8(4-13)14-5-6/h3,5,9H,2,4,13H2,1H3. The van der Waals surface area contributed by atoms with E-state index in [0.29, 0.717) is 0 Å². The molecule has 6 heteroatoms. The van der Waals surface area contributed by atoms with Gasteiger partial charge < -0.3 is 10.5 Å². The maximum absolute atomic E-state index is 12.6. The summed E-state index contributed by atoms with van der Waals surface area (Å²) in [5.41, 5.74) is 5.03. The van der Waals surface area contributed by atoms with Crippen LogP contribution in [-0.4, -0.2) is 17.6 Å². The van der Waals surface area contributed by atoms with Crippen molar-refractivity contribution < 1.29 is 18.3 Å². The molecule has 1 rings (SSSR count). The van der Waals surface area contributed by atoms with Crippen molar-refractivity contribution in [3.05, 3.63) is 29.1 Å². The van der Waals surface area contributed by atoms with Gasteiger partial charge >= 0.3 is 5.97 Å². The molecule has 0 atom stereocenters. The molecule has 0 aliphatic rings. The third-order valence-electron chi connectivity index (χ3n) is 1.94. The van der Waals surface area contributed by atoms with E-state index < -0.39 is 12.4 Å². The van der Waals surface area contributed by atoms with E-state index in [4.69, 9.17) is 5.73 Å². The summed E-state index contributed by atoms with van der Waals surface area (Å²) in [4.78, 5) is 15.0. The number of carbonyl (C=O) groups is 1. The monoisotopic (exact) mass is 230 g/mol. The van der Waals surface area contributed by atoms with E-state index in [9.17, 15) is 13.6 Å². The molecular formula is C10H12F2N2O2. The average molecular weight is 230 g/mol. The minimum Gasteiger partial charge on any atom is -0.462 e. The molecule has 0 radical (unpaired) electrons. The van der Waals surface area contributed by atoms with E-state index in [-0.39, 0.29) is 30.0 Å². The van der Waals surface area contributed by atoms with Crippen LogP contribution in [0.25, 0.3) is 0 Å². The molecule has 0 aliphatic heterocycles. The number of rotatable bonds is 4. The van der Waals surface area contributed by atoms with Crippen molar-refractivity contribution in [1.82, 2.24) is 4.98 Å². The Bertz CT molecular complexity index is 383. The Balaban J connectivity index is 3.06. The van der Waals surface area contributed by atoms with Gasteiger partial charge in [0.15, 0.2) is 0 Å². The molecule has 0 aliphatic carbocycles. The van der Waals surface area contributed by atoms with E-state index in [1.165, 1.54) is 6.20 Å². The fourth-order valence-electron chi connectivity index (χ4n) is 1.20. The Morgan fingerprint density at radius 3 is 2.81 bits per heavy atom. The topological polar surface area (TPSA) is 65.2 Å². The van der Waals surface area contributed by atoms with Crippen LogP contribution in [0.4, 0.5) is 8.78 Å². The first-order valence-corrected chi connectivity index (χ1v) is 4.74. The predicted octanol–water partition coefficient (Wildman–Crippen LogP) is 1.65. The van der Waals surface area contributed by atoms with Gasteiger partial charge in [-0.25, -0.2) is 13.6 Å². The predicted molar refractivity (Wildman–Crippen MR) is 53.0 cm³/mol. The lowest BCUT2D eigenvalue weighted by Crippen LogP contribution is -2.10. The van der Waals surface area contributed by atoms with Gasteiger partial charge in [0, 0.05) is 18.3 Å². The summed E-state index contributed by atoms with van der Waals surface area (Å²) in [6.07, 6.45) is -1.52. The quantitative estimate of drug-likeness (QED) is 0.799. The van der Waals surface area contributed by atoms with Crippen LogP contribution in [0.2, 0.25) is 0 Å². The van der Waals surface area contributed by atoms with Crippen molar-refractivity contribution in [2.45, 2.75) is 19.9 Å². The molecule has 0 spiro atoms. The van der Waals surface area contributed by atoms with Gasteiger partial charge in [-0.2, -0.15) is 0 Å². The number of pyridine rings is 1. The first-order valence-electron chi connectivity index (χ1n) is 4.74. The molecule has 1 heterocycles. The van der Waals surface area contributed by atoms with Crippen molar-refractivity contribution in [3.8, 4) is 0 Å². The maximum Gasteiger partial charge on any atom is 0.339 e. The second-order valence-corrected chi connectivity index (χ2v) is 2.99. The molecule has 0 amide bonds. The molecule has 1 aromatic heterocycles. The zero-order valence-electron chi connectivity index (χ0n) is 8.74. The highest BCUT2D eigenvalue weighted by Crippen LogP contribution is 2.22. The Morgan fingerprint density at radius 1 is 1.62 bits per heavy atom. The number of aromatic nitrogens is 1. The van der Waals surface area contributed by atoms with Gasteiger partial charge in [0.1, 0.15) is 0 Å². The highest BCUT2D eigenvalue weighted by molar-refractivity contribution is 5.89. The zero-order chi connectivity index (χ0) is 12.1. The smallest absolute Gasteiger partial charge is 0.339 e. The lowest BCUT2D eigenvalue weighted by atomic mass is 10.1. The maximum atomic E-state index is 12.6. The summed E-state index contributed by atoms with van der Waals surface area (Å²) < 4.78 is 29.9. The first kappa shape index (κ1) is 12.5. The van der Waals surface area contributed by atoms with Crippen molar-refractivity contribution in [2.75, 3.05) is 6.61 Å². The van der Waals surface area contributed by atoms with Crippen LogP contribution < -0.4 is 5.73 Å². The summed E-state index contributed by atoms with van der Waals surface area (Å²) in [7, 11) is 0. The van der Waals surface area contributed by atoms with Gasteiger partial charge in [0.05, 0.1) is 17.9 Å². The first-order chi connectivity index (χ1) is 7.60. The molecule has 88 valence electrons. The molecule has 0 aromatic carbocycles. The molecule has 0 saturated carbocycles. The summed E-state index contributed by atoms with van der Waals surface area (Å²) >= 11 is 0. The number of esters is 1. The Kier molecular flexibility index (Phi) is 4.30. The van der Waals surface area contributed by atoms with Crippen molar-refractivity contribution in [1.29, 1.82) is 0 Å². The largest absolute Gasteiger partial charge is 0.462 e. The number of hydrogen-bond donors (Lipinski definition) is 1. The fraction of sp³-hybridized carbons (Fsp3) is 0.400. The Hall–Kier alpha value is -1.56. The minimum absolute atomic E-state index is 0.00866. The average Bonchev–Trinajstić information content (AvgIpc) is 2.28. The number of halogens is 2. The third kappa shape index (κ3) is 2.73. The molecule has 2 N–H and O–H groups in total. The van der Waals surface area contributed by atoms with E-state index in [1.807, 2.05) is 0 Å². The van der Waals surface area contributed by atoms with Crippen LogP contribution in [-0.2, 0) is 11.3 Å². The molecule has 16 heavy (non-hydrogen) atoms. The fourth-order valence-corrected chi connectivity index (χ4v) is 1.20. The summed E-state index contributed by atoms with van der Waals surface area (Å²) in [6, 6.07) is 1.07. The molecule has 0 unspecified atom stereocenters.